The van der Waals surface area contributed by atoms with Gasteiger partial charge in [-0.15, -0.1) is 0 Å². The second kappa shape index (κ2) is 6.65. The van der Waals surface area contributed by atoms with E-state index in [1.165, 1.54) is 0 Å². The molecule has 2 aromatic rings. The number of nitrogens with zero attached hydrogens (tertiary/aromatic N) is 3. The fourth-order valence-electron chi connectivity index (χ4n) is 1.64. The molecule has 0 fully saturated rings. The van der Waals surface area contributed by atoms with Gasteiger partial charge in [0, 0.05) is 37.2 Å². The van der Waals surface area contributed by atoms with Gasteiger partial charge in [-0.3, -0.25) is 9.36 Å². The zero-order valence-corrected chi connectivity index (χ0v) is 10.8. The molecule has 0 aliphatic carbocycles. The van der Waals surface area contributed by atoms with Crippen LogP contribution < -0.4 is 10.6 Å². The lowest BCUT2D eigenvalue weighted by Gasteiger charge is -2.07. The van der Waals surface area contributed by atoms with Gasteiger partial charge in [0.15, 0.2) is 0 Å². The second-order valence-electron chi connectivity index (χ2n) is 3.98. The van der Waals surface area contributed by atoms with E-state index in [0.717, 1.165) is 13.1 Å². The molecule has 2 heterocycles. The van der Waals surface area contributed by atoms with Crippen LogP contribution in [0.1, 0.15) is 17.3 Å². The quantitative estimate of drug-likeness (QED) is 0.745. The van der Waals surface area contributed by atoms with Gasteiger partial charge in [0.25, 0.3) is 5.91 Å². The van der Waals surface area contributed by atoms with Gasteiger partial charge >= 0.3 is 0 Å². The van der Waals surface area contributed by atoms with E-state index in [0.29, 0.717) is 17.9 Å². The zero-order valence-electron chi connectivity index (χ0n) is 10.8. The molecule has 0 aromatic carbocycles. The van der Waals surface area contributed by atoms with E-state index < -0.39 is 0 Å². The minimum Gasteiger partial charge on any atom is -0.351 e. The average Bonchev–Trinajstić information content (AvgIpc) is 2.98. The van der Waals surface area contributed by atoms with Crippen molar-refractivity contribution in [2.45, 2.75) is 6.92 Å². The summed E-state index contributed by atoms with van der Waals surface area (Å²) in [5, 5.41) is 6.00. The summed E-state index contributed by atoms with van der Waals surface area (Å²) in [5.41, 5.74) is 0.593. The predicted molar refractivity (Wildman–Crippen MR) is 72.2 cm³/mol. The topological polar surface area (TPSA) is 71.8 Å². The zero-order chi connectivity index (χ0) is 13.5. The van der Waals surface area contributed by atoms with Gasteiger partial charge in [-0.1, -0.05) is 6.92 Å². The maximum absolute atomic E-state index is 11.9. The molecule has 0 saturated carbocycles. The number of carbonyl (C=O) groups is 1. The van der Waals surface area contributed by atoms with E-state index in [9.17, 15) is 4.79 Å². The van der Waals surface area contributed by atoms with Crippen LogP contribution in [0.3, 0.4) is 0 Å². The van der Waals surface area contributed by atoms with Crippen LogP contribution in [0.2, 0.25) is 0 Å². The molecule has 0 radical (unpaired) electrons. The molecule has 0 bridgehead atoms. The summed E-state index contributed by atoms with van der Waals surface area (Å²) >= 11 is 0. The van der Waals surface area contributed by atoms with Crippen molar-refractivity contribution in [1.82, 2.24) is 25.2 Å². The standard InChI is InChI=1S/C13H17N5O/c1-2-14-5-6-17-13(19)11-3-4-16-12(9-11)18-8-7-15-10-18/h3-4,7-10,14H,2,5-6H2,1H3,(H,17,19). The number of rotatable bonds is 6. The van der Waals surface area contributed by atoms with Crippen molar-refractivity contribution in [1.29, 1.82) is 0 Å². The Kier molecular flexibility index (Phi) is 4.63. The fourth-order valence-corrected chi connectivity index (χ4v) is 1.64. The number of likely N-dealkylation sites (N-methyl/N-ethyl adjacent to an activating group) is 1. The third kappa shape index (κ3) is 3.62. The van der Waals surface area contributed by atoms with Gasteiger partial charge in [0.05, 0.1) is 0 Å². The lowest BCUT2D eigenvalue weighted by molar-refractivity contribution is 0.0954. The number of pyridine rings is 1. The van der Waals surface area contributed by atoms with E-state index in [2.05, 4.69) is 20.6 Å². The third-order valence-electron chi connectivity index (χ3n) is 2.61. The minimum absolute atomic E-state index is 0.0957. The normalized spacial score (nSPS) is 10.4. The van der Waals surface area contributed by atoms with Crippen LogP contribution in [0.5, 0.6) is 0 Å². The number of nitrogens with one attached hydrogen (secondary N) is 2. The Bertz CT molecular complexity index is 524. The molecule has 6 heteroatoms. The number of amides is 1. The molecule has 2 rings (SSSR count). The Balaban J connectivity index is 2.00. The first kappa shape index (κ1) is 13.2. The molecule has 0 spiro atoms. The Labute approximate surface area is 111 Å². The summed E-state index contributed by atoms with van der Waals surface area (Å²) in [5.74, 6) is 0.582. The Morgan fingerprint density at radius 3 is 3.00 bits per heavy atom. The van der Waals surface area contributed by atoms with Gasteiger partial charge in [-0.2, -0.15) is 0 Å². The molecule has 2 aromatic heterocycles. The lowest BCUT2D eigenvalue weighted by atomic mass is 10.2. The smallest absolute Gasteiger partial charge is 0.251 e. The largest absolute Gasteiger partial charge is 0.351 e. The first-order valence-corrected chi connectivity index (χ1v) is 6.24. The number of carbonyl (C=O) groups excluding carboxylic acids is 1. The van der Waals surface area contributed by atoms with Gasteiger partial charge in [0.1, 0.15) is 12.1 Å². The number of hydrogen-bond donors (Lipinski definition) is 2. The monoisotopic (exact) mass is 259 g/mol. The van der Waals surface area contributed by atoms with Crippen LogP contribution in [0.25, 0.3) is 5.82 Å². The highest BCUT2D eigenvalue weighted by molar-refractivity contribution is 5.94. The van der Waals surface area contributed by atoms with Gasteiger partial charge < -0.3 is 10.6 Å². The molecule has 0 atom stereocenters. The van der Waals surface area contributed by atoms with Crippen molar-refractivity contribution in [3.05, 3.63) is 42.6 Å². The van der Waals surface area contributed by atoms with Crippen LogP contribution in [-0.4, -0.2) is 40.1 Å². The summed E-state index contributed by atoms with van der Waals surface area (Å²) < 4.78 is 1.76. The molecule has 2 N–H and O–H groups in total. The van der Waals surface area contributed by atoms with Crippen molar-refractivity contribution in [3.8, 4) is 5.82 Å². The summed E-state index contributed by atoms with van der Waals surface area (Å²) in [4.78, 5) is 20.1. The maximum atomic E-state index is 11.9. The first-order chi connectivity index (χ1) is 9.31. The minimum atomic E-state index is -0.0957. The lowest BCUT2D eigenvalue weighted by Crippen LogP contribution is -2.31. The molecule has 100 valence electrons. The third-order valence-corrected chi connectivity index (χ3v) is 2.61. The molecular formula is C13H17N5O. The Hall–Kier alpha value is -2.21. The highest BCUT2D eigenvalue weighted by atomic mass is 16.1. The molecular weight excluding hydrogens is 242 g/mol. The van der Waals surface area contributed by atoms with Crippen LogP contribution in [0.15, 0.2) is 37.1 Å². The summed E-state index contributed by atoms with van der Waals surface area (Å²) in [7, 11) is 0. The SMILES string of the molecule is CCNCCNC(=O)c1ccnc(-n2ccnc2)c1. The predicted octanol–water partition coefficient (Wildman–Crippen LogP) is 0.607. The van der Waals surface area contributed by atoms with Gasteiger partial charge in [0.2, 0.25) is 0 Å². The highest BCUT2D eigenvalue weighted by Crippen LogP contribution is 2.06. The number of imidazole rings is 1. The van der Waals surface area contributed by atoms with Crippen molar-refractivity contribution >= 4 is 5.91 Å². The van der Waals surface area contributed by atoms with Gasteiger partial charge in [-0.05, 0) is 18.7 Å². The van der Waals surface area contributed by atoms with Crippen LogP contribution in [0, 0.1) is 0 Å². The summed E-state index contributed by atoms with van der Waals surface area (Å²) in [6.45, 7) is 4.30. The van der Waals surface area contributed by atoms with Crippen molar-refractivity contribution in [2.24, 2.45) is 0 Å². The summed E-state index contributed by atoms with van der Waals surface area (Å²) in [6.07, 6.45) is 6.73. The number of hydrogen-bond acceptors (Lipinski definition) is 4. The molecule has 0 unspecified atom stereocenters. The number of aromatic nitrogens is 3. The molecule has 0 aliphatic rings. The van der Waals surface area contributed by atoms with Crippen molar-refractivity contribution < 1.29 is 4.79 Å². The summed E-state index contributed by atoms with van der Waals surface area (Å²) in [6, 6.07) is 3.44. The van der Waals surface area contributed by atoms with Crippen LogP contribution in [-0.2, 0) is 0 Å². The van der Waals surface area contributed by atoms with E-state index in [1.807, 2.05) is 6.92 Å². The molecule has 1 amide bonds. The van der Waals surface area contributed by atoms with E-state index >= 15 is 0 Å². The Morgan fingerprint density at radius 2 is 2.26 bits per heavy atom. The Morgan fingerprint density at radius 1 is 1.37 bits per heavy atom. The molecule has 6 nitrogen and oxygen atoms in total. The van der Waals surface area contributed by atoms with E-state index in [4.69, 9.17) is 0 Å². The maximum Gasteiger partial charge on any atom is 0.251 e. The second-order valence-corrected chi connectivity index (χ2v) is 3.98. The highest BCUT2D eigenvalue weighted by Gasteiger charge is 2.06. The van der Waals surface area contributed by atoms with Crippen molar-refractivity contribution in [3.63, 3.8) is 0 Å². The van der Waals surface area contributed by atoms with E-state index in [1.54, 1.807) is 41.6 Å². The first-order valence-electron chi connectivity index (χ1n) is 6.24. The molecule has 19 heavy (non-hydrogen) atoms. The van der Waals surface area contributed by atoms with E-state index in [-0.39, 0.29) is 5.91 Å². The molecule has 0 saturated heterocycles. The average molecular weight is 259 g/mol. The van der Waals surface area contributed by atoms with Crippen molar-refractivity contribution in [2.75, 3.05) is 19.6 Å². The van der Waals surface area contributed by atoms with Gasteiger partial charge in [-0.25, -0.2) is 9.97 Å². The molecule has 0 aliphatic heterocycles. The fraction of sp³-hybridized carbons (Fsp3) is 0.308. The van der Waals surface area contributed by atoms with Crippen LogP contribution >= 0.6 is 0 Å². The van der Waals surface area contributed by atoms with Crippen LogP contribution in [0.4, 0.5) is 0 Å².